The molecule has 8 heteroatoms. The van der Waals surface area contributed by atoms with Crippen LogP contribution in [0.25, 0.3) is 16.0 Å². The third kappa shape index (κ3) is 4.04. The SMILES string of the molecule is [C-]#[N+]c1ccc2c(c1)N(C)/C(=c1\s/c(=C\c3scc[n+]3Cc3ccccc3)n(CC)c1=O)S2. The second-order valence-corrected chi connectivity index (χ2v) is 10.5. The summed E-state index contributed by atoms with van der Waals surface area (Å²) in [5, 5.41) is 4.11. The second kappa shape index (κ2) is 9.02. The van der Waals surface area contributed by atoms with Gasteiger partial charge < -0.3 is 4.90 Å². The molecule has 5 nitrogen and oxygen atoms in total. The van der Waals surface area contributed by atoms with Crippen LogP contribution in [0.5, 0.6) is 0 Å². The van der Waals surface area contributed by atoms with Crippen LogP contribution in [0.15, 0.2) is 69.8 Å². The van der Waals surface area contributed by atoms with Gasteiger partial charge in [0, 0.05) is 29.7 Å². The third-order valence-corrected chi connectivity index (χ3v) is 8.86. The Balaban J connectivity index is 1.61. The highest BCUT2D eigenvalue weighted by Crippen LogP contribution is 2.46. The van der Waals surface area contributed by atoms with Crippen LogP contribution >= 0.6 is 34.4 Å². The molecule has 1 aliphatic rings. The molecule has 0 bridgehead atoms. The van der Waals surface area contributed by atoms with Crippen LogP contribution in [0.4, 0.5) is 11.4 Å². The van der Waals surface area contributed by atoms with Crippen LogP contribution in [0, 0.1) is 6.57 Å². The molecule has 3 heterocycles. The van der Waals surface area contributed by atoms with Crippen molar-refractivity contribution in [2.75, 3.05) is 11.9 Å². The Kier molecular flexibility index (Phi) is 5.94. The lowest BCUT2D eigenvalue weighted by Gasteiger charge is -2.12. The van der Waals surface area contributed by atoms with Gasteiger partial charge in [0.05, 0.1) is 18.0 Å². The van der Waals surface area contributed by atoms with Gasteiger partial charge in [0.2, 0.25) is 0 Å². The molecule has 0 amide bonds. The highest BCUT2D eigenvalue weighted by Gasteiger charge is 2.25. The molecule has 0 N–H and O–H groups in total. The van der Waals surface area contributed by atoms with Crippen molar-refractivity contribution in [3.63, 3.8) is 0 Å². The fourth-order valence-electron chi connectivity index (χ4n) is 3.82. The van der Waals surface area contributed by atoms with Gasteiger partial charge in [0.1, 0.15) is 14.2 Å². The van der Waals surface area contributed by atoms with Crippen molar-refractivity contribution in [1.29, 1.82) is 0 Å². The van der Waals surface area contributed by atoms with Crippen molar-refractivity contribution in [3.8, 4) is 0 Å². The Labute approximate surface area is 204 Å². The molecule has 0 saturated carbocycles. The summed E-state index contributed by atoms with van der Waals surface area (Å²) >= 11 is 4.80. The van der Waals surface area contributed by atoms with Gasteiger partial charge in [-0.15, -0.1) is 11.3 Å². The van der Waals surface area contributed by atoms with Crippen molar-refractivity contribution in [1.82, 2.24) is 4.57 Å². The maximum atomic E-state index is 13.4. The Bertz CT molecular complexity index is 1560. The van der Waals surface area contributed by atoms with Crippen molar-refractivity contribution in [3.05, 3.63) is 102 Å². The molecule has 0 fully saturated rings. The standard InChI is InChI=1S/C25H21N4OS3/c1-4-29-22(15-21-28(12-13-31-21)16-17-8-6-5-7-9-17)33-23(24(29)30)25-27(3)19-14-18(26-2)10-11-20(19)32-25/h5-15H,4,16H2,1,3H3/q+1/b25-23+. The summed E-state index contributed by atoms with van der Waals surface area (Å²) in [5.41, 5.74) is 2.86. The number of hydrogen-bond acceptors (Lipinski definition) is 5. The Morgan fingerprint density at radius 2 is 2.00 bits per heavy atom. The van der Waals surface area contributed by atoms with Crippen LogP contribution in [0.3, 0.4) is 0 Å². The fraction of sp³-hybridized carbons (Fsp3) is 0.160. The van der Waals surface area contributed by atoms with Gasteiger partial charge in [-0.3, -0.25) is 9.36 Å². The van der Waals surface area contributed by atoms with Crippen molar-refractivity contribution in [2.45, 2.75) is 24.9 Å². The summed E-state index contributed by atoms with van der Waals surface area (Å²) in [6.45, 7) is 10.7. The number of aromatic nitrogens is 2. The highest BCUT2D eigenvalue weighted by atomic mass is 32.2. The monoisotopic (exact) mass is 489 g/mol. The largest absolute Gasteiger partial charge is 0.338 e. The predicted molar refractivity (Wildman–Crippen MR) is 137 cm³/mol. The van der Waals surface area contributed by atoms with Crippen molar-refractivity contribution in [2.24, 2.45) is 0 Å². The zero-order valence-corrected chi connectivity index (χ0v) is 20.6. The molecule has 5 rings (SSSR count). The minimum Gasteiger partial charge on any atom is -0.338 e. The summed E-state index contributed by atoms with van der Waals surface area (Å²) in [7, 11) is 1.97. The molecular weight excluding hydrogens is 469 g/mol. The predicted octanol–water partition coefficient (Wildman–Crippen LogP) is 4.01. The van der Waals surface area contributed by atoms with Crippen LogP contribution in [-0.2, 0) is 13.1 Å². The Morgan fingerprint density at radius 3 is 2.76 bits per heavy atom. The molecule has 0 atom stereocenters. The van der Waals surface area contributed by atoms with E-state index >= 15 is 0 Å². The molecular formula is C25H21N4OS3+. The smallest absolute Gasteiger partial charge is 0.271 e. The number of rotatable bonds is 4. The molecule has 0 aliphatic carbocycles. The highest BCUT2D eigenvalue weighted by molar-refractivity contribution is 8.08. The van der Waals surface area contributed by atoms with E-state index in [1.54, 1.807) is 23.1 Å². The van der Waals surface area contributed by atoms with E-state index in [-0.39, 0.29) is 5.56 Å². The minimum atomic E-state index is 0.0347. The van der Waals surface area contributed by atoms with E-state index in [0.717, 1.165) is 36.4 Å². The van der Waals surface area contributed by atoms with Crippen molar-refractivity contribution >= 4 is 56.9 Å². The van der Waals surface area contributed by atoms with Gasteiger partial charge in [0.15, 0.2) is 18.4 Å². The summed E-state index contributed by atoms with van der Waals surface area (Å²) < 4.78 is 5.75. The molecule has 2 aromatic heterocycles. The maximum Gasteiger partial charge on any atom is 0.271 e. The molecule has 2 aromatic carbocycles. The van der Waals surface area contributed by atoms with E-state index in [0.29, 0.717) is 12.2 Å². The van der Waals surface area contributed by atoms with E-state index in [1.807, 2.05) is 47.7 Å². The number of thioether (sulfide) groups is 1. The lowest BCUT2D eigenvalue weighted by Crippen LogP contribution is -2.36. The normalized spacial score (nSPS) is 15.1. The summed E-state index contributed by atoms with van der Waals surface area (Å²) in [6.07, 6.45) is 4.21. The molecule has 164 valence electrons. The zero-order valence-electron chi connectivity index (χ0n) is 18.2. The second-order valence-electron chi connectivity index (χ2n) is 7.55. The molecule has 33 heavy (non-hydrogen) atoms. The van der Waals surface area contributed by atoms with Crippen molar-refractivity contribution < 1.29 is 4.57 Å². The number of fused-ring (bicyclic) bond motifs is 1. The van der Waals surface area contributed by atoms with Gasteiger partial charge in [-0.05, 0) is 13.0 Å². The Hall–Kier alpha value is -3.12. The first-order valence-corrected chi connectivity index (χ1v) is 13.0. The van der Waals surface area contributed by atoms with E-state index in [9.17, 15) is 4.79 Å². The average molecular weight is 490 g/mol. The molecule has 0 unspecified atom stereocenters. The van der Waals surface area contributed by atoms with E-state index < -0.39 is 0 Å². The van der Waals surface area contributed by atoms with Gasteiger partial charge in [0.25, 0.3) is 10.6 Å². The zero-order chi connectivity index (χ0) is 22.9. The Morgan fingerprint density at radius 1 is 1.18 bits per heavy atom. The van der Waals surface area contributed by atoms with Gasteiger partial charge in [-0.25, -0.2) is 4.85 Å². The first kappa shape index (κ1) is 21.7. The summed E-state index contributed by atoms with van der Waals surface area (Å²) in [6, 6.07) is 16.1. The van der Waals surface area contributed by atoms with Crippen LogP contribution in [0.2, 0.25) is 0 Å². The molecule has 0 radical (unpaired) electrons. The third-order valence-electron chi connectivity index (χ3n) is 5.52. The summed E-state index contributed by atoms with van der Waals surface area (Å²) in [4.78, 5) is 20.0. The summed E-state index contributed by atoms with van der Waals surface area (Å²) in [5.74, 6) is 0. The first-order chi connectivity index (χ1) is 16.1. The molecule has 1 aliphatic heterocycles. The van der Waals surface area contributed by atoms with E-state index in [1.165, 1.54) is 16.9 Å². The van der Waals surface area contributed by atoms with E-state index in [4.69, 9.17) is 6.57 Å². The van der Waals surface area contributed by atoms with Gasteiger partial charge >= 0.3 is 0 Å². The number of hydrogen-bond donors (Lipinski definition) is 0. The fourth-order valence-corrected chi connectivity index (χ4v) is 7.12. The minimum absolute atomic E-state index is 0.0347. The average Bonchev–Trinajstić information content (AvgIpc) is 3.50. The van der Waals surface area contributed by atoms with Gasteiger partial charge in [-0.2, -0.15) is 4.57 Å². The number of anilines is 1. The van der Waals surface area contributed by atoms with Gasteiger partial charge in [-0.1, -0.05) is 65.6 Å². The molecule has 0 saturated heterocycles. The lowest BCUT2D eigenvalue weighted by molar-refractivity contribution is -0.685. The first-order valence-electron chi connectivity index (χ1n) is 10.5. The number of thiazole rings is 2. The topological polar surface area (TPSA) is 33.5 Å². The van der Waals surface area contributed by atoms with E-state index in [2.05, 4.69) is 51.3 Å². The quantitative estimate of drug-likeness (QED) is 0.321. The molecule has 4 aromatic rings. The number of nitrogens with zero attached hydrogens (tertiary/aromatic N) is 4. The lowest BCUT2D eigenvalue weighted by atomic mass is 10.2. The van der Waals surface area contributed by atoms with Crippen LogP contribution < -0.4 is 24.2 Å². The van der Waals surface area contributed by atoms with Crippen LogP contribution in [0.1, 0.15) is 17.5 Å². The van der Waals surface area contributed by atoms with Crippen LogP contribution in [-0.4, -0.2) is 11.6 Å². The maximum absolute atomic E-state index is 13.4. The number of benzene rings is 2. The molecule has 0 spiro atoms.